The van der Waals surface area contributed by atoms with Crippen molar-refractivity contribution in [2.24, 2.45) is 7.05 Å². The molecule has 90 valence electrons. The maximum atomic E-state index is 5.17. The highest BCUT2D eigenvalue weighted by molar-refractivity contribution is 5.65. The van der Waals surface area contributed by atoms with Crippen molar-refractivity contribution in [2.75, 3.05) is 7.11 Å². The average Bonchev–Trinajstić information content (AvgIpc) is 2.63. The molecular weight excluding hydrogens is 212 g/mol. The van der Waals surface area contributed by atoms with Crippen LogP contribution in [0.2, 0.25) is 0 Å². The van der Waals surface area contributed by atoms with E-state index in [9.17, 15) is 0 Å². The molecule has 0 aliphatic heterocycles. The van der Waals surface area contributed by atoms with Gasteiger partial charge < -0.3 is 4.74 Å². The molecule has 2 rings (SSSR count). The van der Waals surface area contributed by atoms with Gasteiger partial charge in [0.1, 0.15) is 5.75 Å². The zero-order valence-corrected chi connectivity index (χ0v) is 10.8. The molecule has 17 heavy (non-hydrogen) atoms. The number of hydrogen-bond donors (Lipinski definition) is 0. The van der Waals surface area contributed by atoms with E-state index in [0.29, 0.717) is 0 Å². The molecule has 0 amide bonds. The van der Waals surface area contributed by atoms with Crippen LogP contribution >= 0.6 is 0 Å². The first-order valence-corrected chi connectivity index (χ1v) is 5.84. The van der Waals surface area contributed by atoms with Gasteiger partial charge in [-0.1, -0.05) is 6.92 Å². The van der Waals surface area contributed by atoms with Gasteiger partial charge in [0.05, 0.1) is 18.5 Å². The molecule has 1 heterocycles. The van der Waals surface area contributed by atoms with Crippen molar-refractivity contribution in [3.05, 3.63) is 35.5 Å². The predicted octanol–water partition coefficient (Wildman–Crippen LogP) is 2.97. The summed E-state index contributed by atoms with van der Waals surface area (Å²) in [5.74, 6) is 0.880. The Kier molecular flexibility index (Phi) is 3.18. The Bertz CT molecular complexity index is 512. The van der Waals surface area contributed by atoms with E-state index >= 15 is 0 Å². The smallest absolute Gasteiger partial charge is 0.118 e. The number of methoxy groups -OCH3 is 1. The first-order valence-electron chi connectivity index (χ1n) is 5.84. The van der Waals surface area contributed by atoms with Crippen molar-refractivity contribution < 1.29 is 4.74 Å². The van der Waals surface area contributed by atoms with E-state index in [1.807, 2.05) is 23.9 Å². The quantitative estimate of drug-likeness (QED) is 0.810. The third-order valence-electron chi connectivity index (χ3n) is 3.06. The monoisotopic (exact) mass is 230 g/mol. The lowest BCUT2D eigenvalue weighted by atomic mass is 10.0. The summed E-state index contributed by atoms with van der Waals surface area (Å²) in [4.78, 5) is 0. The number of nitrogens with zero attached hydrogens (tertiary/aromatic N) is 2. The molecule has 0 saturated heterocycles. The second-order valence-electron chi connectivity index (χ2n) is 4.12. The highest BCUT2D eigenvalue weighted by Crippen LogP contribution is 2.27. The van der Waals surface area contributed by atoms with Gasteiger partial charge in [0.15, 0.2) is 0 Å². The molecule has 0 fully saturated rings. The SMILES string of the molecule is CCc1c(C)nn(C)c1-c1ccc(OC)cc1. The van der Waals surface area contributed by atoms with Crippen molar-refractivity contribution in [3.63, 3.8) is 0 Å². The van der Waals surface area contributed by atoms with Gasteiger partial charge in [-0.3, -0.25) is 4.68 Å². The molecule has 0 saturated carbocycles. The van der Waals surface area contributed by atoms with Crippen molar-refractivity contribution in [1.82, 2.24) is 9.78 Å². The van der Waals surface area contributed by atoms with E-state index in [-0.39, 0.29) is 0 Å². The van der Waals surface area contributed by atoms with Crippen LogP contribution in [0.4, 0.5) is 0 Å². The maximum Gasteiger partial charge on any atom is 0.118 e. The number of ether oxygens (including phenoxy) is 1. The number of aromatic nitrogens is 2. The number of benzene rings is 1. The summed E-state index contributed by atoms with van der Waals surface area (Å²) in [6.45, 7) is 4.23. The largest absolute Gasteiger partial charge is 0.497 e. The van der Waals surface area contributed by atoms with Crippen molar-refractivity contribution >= 4 is 0 Å². The Balaban J connectivity index is 2.51. The molecule has 3 heteroatoms. The zero-order chi connectivity index (χ0) is 12.4. The van der Waals surface area contributed by atoms with Crippen LogP contribution in [-0.4, -0.2) is 16.9 Å². The van der Waals surface area contributed by atoms with Crippen molar-refractivity contribution in [2.45, 2.75) is 20.3 Å². The molecule has 1 aromatic heterocycles. The fraction of sp³-hybridized carbons (Fsp3) is 0.357. The fourth-order valence-electron chi connectivity index (χ4n) is 2.24. The van der Waals surface area contributed by atoms with E-state index in [1.165, 1.54) is 16.8 Å². The van der Waals surface area contributed by atoms with Crippen LogP contribution in [0.1, 0.15) is 18.2 Å². The van der Waals surface area contributed by atoms with Crippen molar-refractivity contribution in [3.8, 4) is 17.0 Å². The van der Waals surface area contributed by atoms with Crippen LogP contribution in [0.5, 0.6) is 5.75 Å². The molecule has 0 aliphatic carbocycles. The van der Waals surface area contributed by atoms with Gasteiger partial charge >= 0.3 is 0 Å². The van der Waals surface area contributed by atoms with Gasteiger partial charge in [0.2, 0.25) is 0 Å². The Morgan fingerprint density at radius 1 is 1.24 bits per heavy atom. The second-order valence-corrected chi connectivity index (χ2v) is 4.12. The molecule has 0 unspecified atom stereocenters. The molecule has 0 bridgehead atoms. The highest BCUT2D eigenvalue weighted by Gasteiger charge is 2.13. The lowest BCUT2D eigenvalue weighted by Crippen LogP contribution is -1.95. The normalized spacial score (nSPS) is 10.6. The lowest BCUT2D eigenvalue weighted by molar-refractivity contribution is 0.415. The summed E-state index contributed by atoms with van der Waals surface area (Å²) in [6.07, 6.45) is 1.00. The minimum absolute atomic E-state index is 0.880. The zero-order valence-electron chi connectivity index (χ0n) is 10.8. The van der Waals surface area contributed by atoms with Gasteiger partial charge in [-0.15, -0.1) is 0 Å². The van der Waals surface area contributed by atoms with Crippen LogP contribution in [0.3, 0.4) is 0 Å². The molecule has 2 aromatic rings. The van der Waals surface area contributed by atoms with Crippen LogP contribution in [-0.2, 0) is 13.5 Å². The van der Waals surface area contributed by atoms with E-state index in [4.69, 9.17) is 4.74 Å². The molecule has 0 spiro atoms. The summed E-state index contributed by atoms with van der Waals surface area (Å²) in [6, 6.07) is 8.12. The molecule has 1 aromatic carbocycles. The molecule has 0 aliphatic rings. The number of hydrogen-bond acceptors (Lipinski definition) is 2. The van der Waals surface area contributed by atoms with Crippen molar-refractivity contribution in [1.29, 1.82) is 0 Å². The van der Waals surface area contributed by atoms with Crippen LogP contribution in [0.25, 0.3) is 11.3 Å². The topological polar surface area (TPSA) is 27.1 Å². The Morgan fingerprint density at radius 2 is 1.88 bits per heavy atom. The summed E-state index contributed by atoms with van der Waals surface area (Å²) < 4.78 is 7.13. The van der Waals surface area contributed by atoms with Gasteiger partial charge in [-0.05, 0) is 37.6 Å². The second kappa shape index (κ2) is 4.62. The van der Waals surface area contributed by atoms with E-state index in [1.54, 1.807) is 7.11 Å². The predicted molar refractivity (Wildman–Crippen MR) is 69.3 cm³/mol. The van der Waals surface area contributed by atoms with Crippen LogP contribution in [0, 0.1) is 6.92 Å². The Hall–Kier alpha value is -1.77. The summed E-state index contributed by atoms with van der Waals surface area (Å²) in [5.41, 5.74) is 4.82. The molecule has 3 nitrogen and oxygen atoms in total. The van der Waals surface area contributed by atoms with Crippen LogP contribution in [0.15, 0.2) is 24.3 Å². The maximum absolute atomic E-state index is 5.17. The fourth-order valence-corrected chi connectivity index (χ4v) is 2.24. The lowest BCUT2D eigenvalue weighted by Gasteiger charge is -2.06. The van der Waals surface area contributed by atoms with E-state index in [0.717, 1.165) is 17.9 Å². The third kappa shape index (κ3) is 2.05. The molecule has 0 N–H and O–H groups in total. The summed E-state index contributed by atoms with van der Waals surface area (Å²) >= 11 is 0. The average molecular weight is 230 g/mol. The van der Waals surface area contributed by atoms with E-state index in [2.05, 4.69) is 31.1 Å². The van der Waals surface area contributed by atoms with E-state index < -0.39 is 0 Å². The number of rotatable bonds is 3. The molecule has 0 radical (unpaired) electrons. The van der Waals surface area contributed by atoms with Gasteiger partial charge in [0.25, 0.3) is 0 Å². The molecular formula is C14H18N2O. The number of aryl methyl sites for hydroxylation is 2. The van der Waals surface area contributed by atoms with Gasteiger partial charge in [-0.25, -0.2) is 0 Å². The summed E-state index contributed by atoms with van der Waals surface area (Å²) in [5, 5.41) is 4.49. The minimum atomic E-state index is 0.880. The standard InChI is InChI=1S/C14H18N2O/c1-5-13-10(2)15-16(3)14(13)11-6-8-12(17-4)9-7-11/h6-9H,5H2,1-4H3. The van der Waals surface area contributed by atoms with Crippen LogP contribution < -0.4 is 4.74 Å². The summed E-state index contributed by atoms with van der Waals surface area (Å²) in [7, 11) is 3.67. The first kappa shape index (κ1) is 11.7. The highest BCUT2D eigenvalue weighted by atomic mass is 16.5. The third-order valence-corrected chi connectivity index (χ3v) is 3.06. The Morgan fingerprint density at radius 3 is 2.41 bits per heavy atom. The molecule has 0 atom stereocenters. The first-order chi connectivity index (χ1) is 8.17. The minimum Gasteiger partial charge on any atom is -0.497 e. The van der Waals surface area contributed by atoms with Gasteiger partial charge in [-0.2, -0.15) is 5.10 Å². The van der Waals surface area contributed by atoms with Gasteiger partial charge in [0, 0.05) is 18.2 Å². The Labute approximate surface area is 102 Å².